The second kappa shape index (κ2) is 4.55. The van der Waals surface area contributed by atoms with Gasteiger partial charge in [0.1, 0.15) is 0 Å². The lowest BCUT2D eigenvalue weighted by Gasteiger charge is -2.10. The SMILES string of the molecule is CC(=O)NCc1ccnc(N(C)C)n1. The van der Waals surface area contributed by atoms with E-state index in [1.54, 1.807) is 12.3 Å². The Labute approximate surface area is 83.2 Å². The Hall–Kier alpha value is -1.65. The standard InChI is InChI=1S/C9H14N4O/c1-7(14)11-6-8-4-5-10-9(12-8)13(2)3/h4-5H,6H2,1-3H3,(H,11,14). The van der Waals surface area contributed by atoms with Crippen LogP contribution in [0.4, 0.5) is 5.95 Å². The van der Waals surface area contributed by atoms with Gasteiger partial charge in [-0.1, -0.05) is 0 Å². The third-order valence-corrected chi connectivity index (χ3v) is 1.62. The molecule has 1 aromatic heterocycles. The highest BCUT2D eigenvalue weighted by Crippen LogP contribution is 2.02. The summed E-state index contributed by atoms with van der Waals surface area (Å²) in [6.07, 6.45) is 1.68. The van der Waals surface area contributed by atoms with E-state index in [4.69, 9.17) is 0 Å². The first-order chi connectivity index (χ1) is 6.59. The smallest absolute Gasteiger partial charge is 0.225 e. The molecule has 1 N–H and O–H groups in total. The predicted molar refractivity (Wildman–Crippen MR) is 53.9 cm³/mol. The largest absolute Gasteiger partial charge is 0.351 e. The topological polar surface area (TPSA) is 58.1 Å². The highest BCUT2D eigenvalue weighted by atomic mass is 16.1. The molecule has 0 unspecified atom stereocenters. The van der Waals surface area contributed by atoms with E-state index in [1.165, 1.54) is 6.92 Å². The molecule has 0 bridgehead atoms. The molecule has 0 aliphatic rings. The number of anilines is 1. The average molecular weight is 194 g/mol. The number of hydrogen-bond acceptors (Lipinski definition) is 4. The van der Waals surface area contributed by atoms with Crippen LogP contribution in [-0.2, 0) is 11.3 Å². The first-order valence-electron chi connectivity index (χ1n) is 4.33. The summed E-state index contributed by atoms with van der Waals surface area (Å²) < 4.78 is 0. The molecule has 1 aromatic rings. The normalized spacial score (nSPS) is 9.64. The van der Waals surface area contributed by atoms with Crippen molar-refractivity contribution in [3.05, 3.63) is 18.0 Å². The van der Waals surface area contributed by atoms with E-state index in [9.17, 15) is 4.79 Å². The monoisotopic (exact) mass is 194 g/mol. The Balaban J connectivity index is 2.68. The van der Waals surface area contributed by atoms with Crippen LogP contribution in [0, 0.1) is 0 Å². The molecule has 0 aliphatic carbocycles. The van der Waals surface area contributed by atoms with Crippen LogP contribution in [-0.4, -0.2) is 30.0 Å². The average Bonchev–Trinajstić information content (AvgIpc) is 2.15. The van der Waals surface area contributed by atoms with Gasteiger partial charge in [-0.15, -0.1) is 0 Å². The third-order valence-electron chi connectivity index (χ3n) is 1.62. The Morgan fingerprint density at radius 1 is 1.57 bits per heavy atom. The van der Waals surface area contributed by atoms with Gasteiger partial charge in [0.05, 0.1) is 12.2 Å². The van der Waals surface area contributed by atoms with Crippen LogP contribution in [0.25, 0.3) is 0 Å². The second-order valence-electron chi connectivity index (χ2n) is 3.15. The molecule has 0 radical (unpaired) electrons. The quantitative estimate of drug-likeness (QED) is 0.745. The van der Waals surface area contributed by atoms with Crippen LogP contribution in [0.1, 0.15) is 12.6 Å². The van der Waals surface area contributed by atoms with Crippen molar-refractivity contribution in [1.29, 1.82) is 0 Å². The lowest BCUT2D eigenvalue weighted by Crippen LogP contribution is -2.21. The minimum absolute atomic E-state index is 0.0602. The molecule has 0 spiro atoms. The van der Waals surface area contributed by atoms with Gasteiger partial charge in [-0.05, 0) is 6.07 Å². The lowest BCUT2D eigenvalue weighted by molar-refractivity contribution is -0.119. The first kappa shape index (κ1) is 10.4. The summed E-state index contributed by atoms with van der Waals surface area (Å²) in [5.41, 5.74) is 0.805. The fourth-order valence-electron chi connectivity index (χ4n) is 0.914. The van der Waals surface area contributed by atoms with Crippen LogP contribution < -0.4 is 10.2 Å². The molecule has 0 saturated carbocycles. The number of carbonyl (C=O) groups is 1. The molecule has 14 heavy (non-hydrogen) atoms. The predicted octanol–water partition coefficient (Wildman–Crippen LogP) is 0.179. The van der Waals surface area contributed by atoms with Gasteiger partial charge in [-0.25, -0.2) is 9.97 Å². The minimum atomic E-state index is -0.0602. The van der Waals surface area contributed by atoms with Crippen molar-refractivity contribution in [3.8, 4) is 0 Å². The van der Waals surface area contributed by atoms with Crippen LogP contribution in [0.3, 0.4) is 0 Å². The summed E-state index contributed by atoms with van der Waals surface area (Å²) in [7, 11) is 3.75. The van der Waals surface area contributed by atoms with E-state index in [1.807, 2.05) is 19.0 Å². The van der Waals surface area contributed by atoms with Crippen molar-refractivity contribution in [1.82, 2.24) is 15.3 Å². The van der Waals surface area contributed by atoms with Gasteiger partial charge in [-0.2, -0.15) is 0 Å². The van der Waals surface area contributed by atoms with E-state index in [0.717, 1.165) is 5.69 Å². The van der Waals surface area contributed by atoms with Gasteiger partial charge >= 0.3 is 0 Å². The van der Waals surface area contributed by atoms with Gasteiger partial charge in [0, 0.05) is 27.2 Å². The van der Waals surface area contributed by atoms with E-state index in [0.29, 0.717) is 12.5 Å². The zero-order chi connectivity index (χ0) is 10.6. The maximum absolute atomic E-state index is 10.7. The van der Waals surface area contributed by atoms with Gasteiger partial charge in [0.25, 0.3) is 0 Å². The summed E-state index contributed by atoms with van der Waals surface area (Å²) >= 11 is 0. The molecule has 0 fully saturated rings. The molecular formula is C9H14N4O. The van der Waals surface area contributed by atoms with Crippen LogP contribution in [0.2, 0.25) is 0 Å². The number of carbonyl (C=O) groups excluding carboxylic acids is 1. The summed E-state index contributed by atoms with van der Waals surface area (Å²) in [6, 6.07) is 1.78. The lowest BCUT2D eigenvalue weighted by atomic mass is 10.4. The third kappa shape index (κ3) is 3.01. The number of nitrogens with zero attached hydrogens (tertiary/aromatic N) is 3. The summed E-state index contributed by atoms with van der Waals surface area (Å²) in [6.45, 7) is 1.92. The maximum atomic E-state index is 10.7. The summed E-state index contributed by atoms with van der Waals surface area (Å²) in [5, 5.41) is 2.68. The second-order valence-corrected chi connectivity index (χ2v) is 3.15. The number of hydrogen-bond donors (Lipinski definition) is 1. The molecule has 1 amide bonds. The minimum Gasteiger partial charge on any atom is -0.351 e. The zero-order valence-electron chi connectivity index (χ0n) is 8.61. The molecule has 5 heteroatoms. The molecule has 76 valence electrons. The highest BCUT2D eigenvalue weighted by molar-refractivity contribution is 5.72. The molecular weight excluding hydrogens is 180 g/mol. The number of rotatable bonds is 3. The van der Waals surface area contributed by atoms with Crippen LogP contribution in [0.5, 0.6) is 0 Å². The fourth-order valence-corrected chi connectivity index (χ4v) is 0.914. The van der Waals surface area contributed by atoms with Crippen molar-refractivity contribution in [2.75, 3.05) is 19.0 Å². The van der Waals surface area contributed by atoms with Gasteiger partial charge in [0.15, 0.2) is 0 Å². The van der Waals surface area contributed by atoms with E-state index in [-0.39, 0.29) is 5.91 Å². The molecule has 1 rings (SSSR count). The molecule has 0 aromatic carbocycles. The van der Waals surface area contributed by atoms with Crippen LogP contribution >= 0.6 is 0 Å². The molecule has 0 saturated heterocycles. The Kier molecular flexibility index (Phi) is 3.39. The first-order valence-corrected chi connectivity index (χ1v) is 4.33. The Bertz CT molecular complexity index is 324. The van der Waals surface area contributed by atoms with E-state index >= 15 is 0 Å². The number of nitrogens with one attached hydrogen (secondary N) is 1. The van der Waals surface area contributed by atoms with Crippen molar-refractivity contribution in [3.63, 3.8) is 0 Å². The van der Waals surface area contributed by atoms with Crippen molar-refractivity contribution < 1.29 is 4.79 Å². The maximum Gasteiger partial charge on any atom is 0.225 e. The molecule has 1 heterocycles. The number of aromatic nitrogens is 2. The highest BCUT2D eigenvalue weighted by Gasteiger charge is 2.01. The van der Waals surface area contributed by atoms with Crippen LogP contribution in [0.15, 0.2) is 12.3 Å². The fraction of sp³-hybridized carbons (Fsp3) is 0.444. The van der Waals surface area contributed by atoms with Gasteiger partial charge in [-0.3, -0.25) is 4.79 Å². The summed E-state index contributed by atoms with van der Waals surface area (Å²) in [5.74, 6) is 0.586. The van der Waals surface area contributed by atoms with Gasteiger partial charge < -0.3 is 10.2 Å². The van der Waals surface area contributed by atoms with Gasteiger partial charge in [0.2, 0.25) is 11.9 Å². The van der Waals surface area contributed by atoms with Crippen molar-refractivity contribution in [2.24, 2.45) is 0 Å². The Morgan fingerprint density at radius 2 is 2.29 bits per heavy atom. The Morgan fingerprint density at radius 3 is 2.86 bits per heavy atom. The molecule has 0 aliphatic heterocycles. The van der Waals surface area contributed by atoms with E-state index in [2.05, 4.69) is 15.3 Å². The molecule has 0 atom stereocenters. The zero-order valence-corrected chi connectivity index (χ0v) is 8.61. The van der Waals surface area contributed by atoms with E-state index < -0.39 is 0 Å². The number of amides is 1. The molecule has 5 nitrogen and oxygen atoms in total. The summed E-state index contributed by atoms with van der Waals surface area (Å²) in [4.78, 5) is 20.8. The van der Waals surface area contributed by atoms with Crippen molar-refractivity contribution in [2.45, 2.75) is 13.5 Å². The van der Waals surface area contributed by atoms with Crippen molar-refractivity contribution >= 4 is 11.9 Å².